The van der Waals surface area contributed by atoms with Gasteiger partial charge in [-0.15, -0.1) is 0 Å². The molecule has 0 unspecified atom stereocenters. The highest BCUT2D eigenvalue weighted by molar-refractivity contribution is 6.05. The van der Waals surface area contributed by atoms with Crippen molar-refractivity contribution in [3.8, 4) is 56.0 Å². The van der Waals surface area contributed by atoms with Crippen LogP contribution in [0.2, 0.25) is 0 Å². The van der Waals surface area contributed by atoms with Crippen LogP contribution in [0.4, 0.5) is 0 Å². The highest BCUT2D eigenvalue weighted by Gasteiger charge is 2.41. The largest absolute Gasteiger partial charge is 0.507 e. The summed E-state index contributed by atoms with van der Waals surface area (Å²) >= 11 is 0. The van der Waals surface area contributed by atoms with Crippen molar-refractivity contribution in [3.05, 3.63) is 277 Å². The highest BCUT2D eigenvalue weighted by atomic mass is 16.3. The van der Waals surface area contributed by atoms with Crippen molar-refractivity contribution >= 4 is 43.1 Å². The van der Waals surface area contributed by atoms with E-state index in [0.29, 0.717) is 0 Å². The van der Waals surface area contributed by atoms with Crippen LogP contribution in [0.15, 0.2) is 255 Å². The molecule has 0 aliphatic heterocycles. The van der Waals surface area contributed by atoms with Crippen LogP contribution < -0.4 is 0 Å². The molecule has 0 spiro atoms. The minimum absolute atomic E-state index is 0.213. The Kier molecular flexibility index (Phi) is 9.73. The van der Waals surface area contributed by atoms with E-state index in [1.54, 1.807) is 0 Å². The van der Waals surface area contributed by atoms with Gasteiger partial charge < -0.3 is 10.2 Å². The van der Waals surface area contributed by atoms with Crippen molar-refractivity contribution in [3.63, 3.8) is 0 Å². The molecule has 0 fully saturated rings. The first-order chi connectivity index (χ1) is 33.1. The zero-order valence-electron chi connectivity index (χ0n) is 36.6. The molecule has 12 aromatic rings. The van der Waals surface area contributed by atoms with Crippen LogP contribution in [-0.4, -0.2) is 10.2 Å². The zero-order valence-corrected chi connectivity index (χ0v) is 36.6. The number of aromatic hydroxyl groups is 2. The van der Waals surface area contributed by atoms with Crippen molar-refractivity contribution in [2.45, 2.75) is 5.41 Å². The van der Waals surface area contributed by atoms with Crippen LogP contribution in [0, 0.1) is 0 Å². The molecule has 67 heavy (non-hydrogen) atoms. The van der Waals surface area contributed by atoms with E-state index in [1.807, 2.05) is 0 Å². The molecule has 316 valence electrons. The lowest BCUT2D eigenvalue weighted by Gasteiger charge is -2.38. The Hall–Kier alpha value is -8.72. The summed E-state index contributed by atoms with van der Waals surface area (Å²) in [5.41, 5.74) is 9.68. The second kappa shape index (κ2) is 16.4. The summed E-state index contributed by atoms with van der Waals surface area (Å²) in [6, 6.07) is 89.2. The molecule has 0 aliphatic rings. The van der Waals surface area contributed by atoms with E-state index in [0.717, 1.165) is 110 Å². The summed E-state index contributed by atoms with van der Waals surface area (Å²) < 4.78 is 0. The first-order valence-electron chi connectivity index (χ1n) is 22.9. The Morgan fingerprint density at radius 2 is 0.448 bits per heavy atom. The van der Waals surface area contributed by atoms with E-state index in [9.17, 15) is 10.2 Å². The molecular formula is C65H44O2. The summed E-state index contributed by atoms with van der Waals surface area (Å²) in [7, 11) is 0. The molecule has 0 atom stereocenters. The number of hydrogen-bond acceptors (Lipinski definition) is 2. The number of phenolic OH excluding ortho intramolecular Hbond substituents is 2. The van der Waals surface area contributed by atoms with Gasteiger partial charge in [-0.3, -0.25) is 0 Å². The van der Waals surface area contributed by atoms with Crippen molar-refractivity contribution in [1.82, 2.24) is 0 Å². The fourth-order valence-electron chi connectivity index (χ4n) is 10.7. The van der Waals surface area contributed by atoms with Gasteiger partial charge in [-0.2, -0.15) is 0 Å². The van der Waals surface area contributed by atoms with Gasteiger partial charge in [-0.05, 0) is 112 Å². The third-order valence-electron chi connectivity index (χ3n) is 13.8. The van der Waals surface area contributed by atoms with Gasteiger partial charge in [0, 0.05) is 22.3 Å². The molecule has 12 rings (SSSR count). The summed E-state index contributed by atoms with van der Waals surface area (Å²) in [5.74, 6) is 0.426. The molecule has 0 saturated carbocycles. The molecular weight excluding hydrogens is 813 g/mol. The lowest BCUT2D eigenvalue weighted by molar-refractivity contribution is 0.479. The molecule has 2 N–H and O–H groups in total. The summed E-state index contributed by atoms with van der Waals surface area (Å²) in [6.45, 7) is 0. The van der Waals surface area contributed by atoms with Crippen molar-refractivity contribution in [2.75, 3.05) is 0 Å². The second-order valence-electron chi connectivity index (χ2n) is 17.4. The van der Waals surface area contributed by atoms with Crippen LogP contribution in [0.1, 0.15) is 22.3 Å². The predicted molar refractivity (Wildman–Crippen MR) is 280 cm³/mol. The van der Waals surface area contributed by atoms with Gasteiger partial charge in [0.05, 0.1) is 5.41 Å². The molecule has 0 aromatic heterocycles. The van der Waals surface area contributed by atoms with Crippen molar-refractivity contribution in [1.29, 1.82) is 0 Å². The van der Waals surface area contributed by atoms with Crippen LogP contribution in [-0.2, 0) is 5.41 Å². The van der Waals surface area contributed by atoms with Gasteiger partial charge in [0.15, 0.2) is 0 Å². The van der Waals surface area contributed by atoms with Gasteiger partial charge in [-0.25, -0.2) is 0 Å². The molecule has 0 amide bonds. The number of fused-ring (bicyclic) bond motifs is 4. The predicted octanol–water partition coefficient (Wildman–Crippen LogP) is 16.8. The Labute approximate surface area is 390 Å². The maximum atomic E-state index is 13.0. The number of hydrogen-bond donors (Lipinski definition) is 2. The smallest absolute Gasteiger partial charge is 0.131 e. The van der Waals surface area contributed by atoms with Gasteiger partial charge >= 0.3 is 0 Å². The first kappa shape index (κ1) is 39.8. The van der Waals surface area contributed by atoms with E-state index in [1.165, 1.54) is 0 Å². The van der Waals surface area contributed by atoms with Gasteiger partial charge in [0.1, 0.15) is 11.5 Å². The third kappa shape index (κ3) is 6.57. The number of phenols is 2. The van der Waals surface area contributed by atoms with E-state index >= 15 is 0 Å². The SMILES string of the molecule is Oc1c(-c2cccc3ccccc23)cc(C(c2ccccc2)(c2ccccc2)c2cc(-c3cccc4ccccc34)c(O)c(-c3cccc4ccccc34)c2)cc1-c1cccc2ccccc12. The standard InChI is InChI=1S/C65H44O2/c66-63-59(55-35-15-23-43-19-7-11-31-51(43)55)39-49(40-60(63)56-36-16-24-44-20-8-12-32-52(44)56)65(47-27-3-1-4-28-47,48-29-5-2-6-30-48)50-41-61(57-37-17-25-45-21-9-13-33-53(45)57)64(67)62(42-50)58-38-18-26-46-22-10-14-34-54(46)58/h1-42,66-67H. The minimum Gasteiger partial charge on any atom is -0.507 e. The molecule has 0 heterocycles. The van der Waals surface area contributed by atoms with Crippen molar-refractivity contribution in [2.24, 2.45) is 0 Å². The van der Waals surface area contributed by atoms with E-state index in [-0.39, 0.29) is 11.5 Å². The van der Waals surface area contributed by atoms with Gasteiger partial charge in [-0.1, -0.05) is 231 Å². The fraction of sp³-hybridized carbons (Fsp3) is 0.0154. The van der Waals surface area contributed by atoms with E-state index < -0.39 is 5.41 Å². The zero-order chi connectivity index (χ0) is 44.9. The molecule has 0 bridgehead atoms. The van der Waals surface area contributed by atoms with Crippen LogP contribution in [0.5, 0.6) is 11.5 Å². The Bertz CT molecular complexity index is 3360. The lowest BCUT2D eigenvalue weighted by atomic mass is 9.63. The average molecular weight is 857 g/mol. The quantitative estimate of drug-likeness (QED) is 0.150. The summed E-state index contributed by atoms with van der Waals surface area (Å²) in [4.78, 5) is 0. The number of rotatable bonds is 8. The molecule has 12 aromatic carbocycles. The lowest BCUT2D eigenvalue weighted by Crippen LogP contribution is -2.31. The van der Waals surface area contributed by atoms with Crippen molar-refractivity contribution < 1.29 is 10.2 Å². The average Bonchev–Trinajstić information content (AvgIpc) is 3.39. The summed E-state index contributed by atoms with van der Waals surface area (Å²) in [6.07, 6.45) is 0. The Morgan fingerprint density at radius 1 is 0.209 bits per heavy atom. The minimum atomic E-state index is -1.01. The Balaban J connectivity index is 1.28. The second-order valence-corrected chi connectivity index (χ2v) is 17.4. The maximum Gasteiger partial charge on any atom is 0.131 e. The molecule has 2 heteroatoms. The van der Waals surface area contributed by atoms with Gasteiger partial charge in [0.2, 0.25) is 0 Å². The maximum absolute atomic E-state index is 13.0. The topological polar surface area (TPSA) is 40.5 Å². The van der Waals surface area contributed by atoms with E-state index in [4.69, 9.17) is 0 Å². The highest BCUT2D eigenvalue weighted by Crippen LogP contribution is 2.54. The Morgan fingerprint density at radius 3 is 0.731 bits per heavy atom. The van der Waals surface area contributed by atoms with Crippen LogP contribution in [0.3, 0.4) is 0 Å². The first-order valence-corrected chi connectivity index (χ1v) is 22.9. The normalized spacial score (nSPS) is 11.7. The van der Waals surface area contributed by atoms with E-state index in [2.05, 4.69) is 255 Å². The molecule has 0 saturated heterocycles. The van der Waals surface area contributed by atoms with Crippen LogP contribution in [0.25, 0.3) is 87.6 Å². The molecule has 0 radical (unpaired) electrons. The number of benzene rings is 12. The van der Waals surface area contributed by atoms with Gasteiger partial charge in [0.25, 0.3) is 0 Å². The molecule has 2 nitrogen and oxygen atoms in total. The fourth-order valence-corrected chi connectivity index (χ4v) is 10.7. The summed E-state index contributed by atoms with van der Waals surface area (Å²) in [5, 5.41) is 34.6. The third-order valence-corrected chi connectivity index (χ3v) is 13.8. The monoisotopic (exact) mass is 856 g/mol. The molecule has 0 aliphatic carbocycles. The van der Waals surface area contributed by atoms with Crippen LogP contribution >= 0.6 is 0 Å².